The van der Waals surface area contributed by atoms with Gasteiger partial charge in [0.2, 0.25) is 0 Å². The number of carbonyl (C=O) groups excluding carboxylic acids is 2. The van der Waals surface area contributed by atoms with Crippen LogP contribution in [-0.4, -0.2) is 28.5 Å². The molecule has 3 rings (SSSR count). The van der Waals surface area contributed by atoms with Gasteiger partial charge in [0.05, 0.1) is 17.7 Å². The smallest absolute Gasteiger partial charge is 0.338 e. The van der Waals surface area contributed by atoms with E-state index in [1.807, 2.05) is 0 Å². The van der Waals surface area contributed by atoms with E-state index in [2.05, 4.69) is 15.3 Å². The number of nitrogens with zero attached hydrogens (tertiary/aromatic N) is 2. The van der Waals surface area contributed by atoms with Crippen LogP contribution in [-0.2, 0) is 4.74 Å². The molecule has 7 nitrogen and oxygen atoms in total. The fourth-order valence-electron chi connectivity index (χ4n) is 2.56. The number of amides is 1. The van der Waals surface area contributed by atoms with Crippen LogP contribution in [0.1, 0.15) is 27.6 Å². The highest BCUT2D eigenvalue weighted by Crippen LogP contribution is 2.26. The van der Waals surface area contributed by atoms with E-state index >= 15 is 0 Å². The molecule has 3 aromatic rings. The summed E-state index contributed by atoms with van der Waals surface area (Å²) in [5, 5.41) is 2.74. The second-order valence-electron chi connectivity index (χ2n) is 5.61. The fraction of sp³-hybridized carbons (Fsp3) is 0.100. The number of nitrogens with two attached hydrogens (primary N) is 1. The molecular formula is C20H18N4O3. The van der Waals surface area contributed by atoms with Gasteiger partial charge in [0.25, 0.3) is 5.91 Å². The summed E-state index contributed by atoms with van der Waals surface area (Å²) in [4.78, 5) is 32.8. The Morgan fingerprint density at radius 2 is 1.85 bits per heavy atom. The van der Waals surface area contributed by atoms with Crippen molar-refractivity contribution in [2.24, 2.45) is 0 Å². The second-order valence-corrected chi connectivity index (χ2v) is 5.61. The first-order valence-electron chi connectivity index (χ1n) is 8.33. The lowest BCUT2D eigenvalue weighted by atomic mass is 9.99. The molecule has 0 bridgehead atoms. The Bertz CT molecular complexity index is 974. The third-order valence-corrected chi connectivity index (χ3v) is 3.83. The first-order chi connectivity index (χ1) is 13.1. The van der Waals surface area contributed by atoms with Crippen molar-refractivity contribution >= 4 is 23.4 Å². The molecule has 27 heavy (non-hydrogen) atoms. The molecule has 0 unspecified atom stereocenters. The maximum atomic E-state index is 12.6. The molecule has 3 N–H and O–H groups in total. The van der Waals surface area contributed by atoms with Crippen LogP contribution in [0.4, 0.5) is 11.5 Å². The lowest BCUT2D eigenvalue weighted by Crippen LogP contribution is -2.15. The molecule has 1 amide bonds. The fourth-order valence-corrected chi connectivity index (χ4v) is 2.56. The Morgan fingerprint density at radius 1 is 1.11 bits per heavy atom. The highest BCUT2D eigenvalue weighted by molar-refractivity contribution is 6.08. The zero-order valence-corrected chi connectivity index (χ0v) is 14.7. The van der Waals surface area contributed by atoms with Crippen LogP contribution < -0.4 is 11.1 Å². The number of pyridine rings is 2. The number of rotatable bonds is 5. The molecule has 0 spiro atoms. The van der Waals surface area contributed by atoms with Gasteiger partial charge in [0, 0.05) is 29.8 Å². The van der Waals surface area contributed by atoms with E-state index < -0.39 is 11.9 Å². The summed E-state index contributed by atoms with van der Waals surface area (Å²) in [6.07, 6.45) is 4.67. The van der Waals surface area contributed by atoms with E-state index in [9.17, 15) is 9.59 Å². The van der Waals surface area contributed by atoms with Crippen molar-refractivity contribution in [1.82, 2.24) is 9.97 Å². The normalized spacial score (nSPS) is 10.3. The zero-order valence-electron chi connectivity index (χ0n) is 14.7. The van der Waals surface area contributed by atoms with Crippen LogP contribution in [0, 0.1) is 0 Å². The number of hydrogen-bond donors (Lipinski definition) is 2. The van der Waals surface area contributed by atoms with E-state index in [-0.39, 0.29) is 18.0 Å². The number of hydrogen-bond acceptors (Lipinski definition) is 6. The highest BCUT2D eigenvalue weighted by Gasteiger charge is 2.17. The number of nitrogen functional groups attached to an aromatic ring is 1. The summed E-state index contributed by atoms with van der Waals surface area (Å²) in [5.74, 6) is -0.742. The zero-order chi connectivity index (χ0) is 19.2. The average molecular weight is 362 g/mol. The Kier molecular flexibility index (Phi) is 5.41. The summed E-state index contributed by atoms with van der Waals surface area (Å²) in [5.41, 5.74) is 8.29. The molecule has 1 aromatic carbocycles. The van der Waals surface area contributed by atoms with Crippen molar-refractivity contribution in [3.63, 3.8) is 0 Å². The number of nitrogens with one attached hydrogen (secondary N) is 1. The van der Waals surface area contributed by atoms with Crippen molar-refractivity contribution in [3.8, 4) is 11.1 Å². The standard InChI is InChI=1S/C20H18N4O3/c1-2-27-20(26)16-6-4-3-5-15(16)13-11-17(18(21)23-12-13)19(25)24-14-7-9-22-10-8-14/h3-12H,2H2,1H3,(H2,21,23)(H,22,24,25). The van der Waals surface area contributed by atoms with Gasteiger partial charge in [-0.3, -0.25) is 9.78 Å². The molecule has 2 heterocycles. The Labute approximate surface area is 156 Å². The Morgan fingerprint density at radius 3 is 2.59 bits per heavy atom. The monoisotopic (exact) mass is 362 g/mol. The summed E-state index contributed by atoms with van der Waals surface area (Å²) in [6, 6.07) is 11.9. The predicted molar refractivity (Wildman–Crippen MR) is 102 cm³/mol. The molecule has 0 saturated heterocycles. The Hall–Kier alpha value is -3.74. The third-order valence-electron chi connectivity index (χ3n) is 3.83. The van der Waals surface area contributed by atoms with Crippen LogP contribution in [0.25, 0.3) is 11.1 Å². The number of ether oxygens (including phenoxy) is 1. The van der Waals surface area contributed by atoms with Crippen LogP contribution in [0.3, 0.4) is 0 Å². The van der Waals surface area contributed by atoms with E-state index in [1.54, 1.807) is 61.8 Å². The Balaban J connectivity index is 1.97. The van der Waals surface area contributed by atoms with E-state index in [0.717, 1.165) is 0 Å². The van der Waals surface area contributed by atoms with E-state index in [0.29, 0.717) is 22.4 Å². The quantitative estimate of drug-likeness (QED) is 0.675. The van der Waals surface area contributed by atoms with Gasteiger partial charge < -0.3 is 15.8 Å². The summed E-state index contributed by atoms with van der Waals surface area (Å²) in [7, 11) is 0. The van der Waals surface area contributed by atoms with Gasteiger partial charge in [-0.25, -0.2) is 9.78 Å². The van der Waals surface area contributed by atoms with Crippen LogP contribution in [0.5, 0.6) is 0 Å². The van der Waals surface area contributed by atoms with Gasteiger partial charge in [0.1, 0.15) is 5.82 Å². The molecule has 0 atom stereocenters. The lowest BCUT2D eigenvalue weighted by Gasteiger charge is -2.11. The molecular weight excluding hydrogens is 344 g/mol. The minimum atomic E-state index is -0.437. The number of aromatic nitrogens is 2. The predicted octanol–water partition coefficient (Wildman–Crippen LogP) is 3.15. The lowest BCUT2D eigenvalue weighted by molar-refractivity contribution is 0.0527. The van der Waals surface area contributed by atoms with Gasteiger partial charge in [-0.15, -0.1) is 0 Å². The topological polar surface area (TPSA) is 107 Å². The van der Waals surface area contributed by atoms with Crippen LogP contribution in [0.2, 0.25) is 0 Å². The van der Waals surface area contributed by atoms with Crippen molar-refractivity contribution in [2.75, 3.05) is 17.7 Å². The highest BCUT2D eigenvalue weighted by atomic mass is 16.5. The molecule has 7 heteroatoms. The van der Waals surface area contributed by atoms with Crippen molar-refractivity contribution in [2.45, 2.75) is 6.92 Å². The van der Waals surface area contributed by atoms with Crippen LogP contribution >= 0.6 is 0 Å². The largest absolute Gasteiger partial charge is 0.462 e. The molecule has 0 fully saturated rings. The van der Waals surface area contributed by atoms with Gasteiger partial charge in [-0.2, -0.15) is 0 Å². The van der Waals surface area contributed by atoms with E-state index in [1.165, 1.54) is 6.20 Å². The van der Waals surface area contributed by atoms with Gasteiger partial charge in [-0.1, -0.05) is 18.2 Å². The third kappa shape index (κ3) is 4.09. The average Bonchev–Trinajstić information content (AvgIpc) is 2.69. The van der Waals surface area contributed by atoms with Gasteiger partial charge in [-0.05, 0) is 36.8 Å². The number of benzene rings is 1. The molecule has 0 aliphatic rings. The minimum absolute atomic E-state index is 0.0962. The molecule has 2 aromatic heterocycles. The van der Waals surface area contributed by atoms with Crippen molar-refractivity contribution in [1.29, 1.82) is 0 Å². The molecule has 0 radical (unpaired) electrons. The maximum absolute atomic E-state index is 12.6. The summed E-state index contributed by atoms with van der Waals surface area (Å²) >= 11 is 0. The minimum Gasteiger partial charge on any atom is -0.462 e. The van der Waals surface area contributed by atoms with E-state index in [4.69, 9.17) is 10.5 Å². The molecule has 0 saturated carbocycles. The van der Waals surface area contributed by atoms with Crippen molar-refractivity contribution in [3.05, 3.63) is 72.2 Å². The number of esters is 1. The SMILES string of the molecule is CCOC(=O)c1ccccc1-c1cnc(N)c(C(=O)Nc2ccncc2)c1. The number of anilines is 2. The second kappa shape index (κ2) is 8.09. The molecule has 0 aliphatic carbocycles. The van der Waals surface area contributed by atoms with Gasteiger partial charge in [0.15, 0.2) is 0 Å². The van der Waals surface area contributed by atoms with Crippen molar-refractivity contribution < 1.29 is 14.3 Å². The number of carbonyl (C=O) groups is 2. The van der Waals surface area contributed by atoms with Gasteiger partial charge >= 0.3 is 5.97 Å². The summed E-state index contributed by atoms with van der Waals surface area (Å²) < 4.78 is 5.10. The van der Waals surface area contributed by atoms with Crippen LogP contribution in [0.15, 0.2) is 61.1 Å². The first kappa shape index (κ1) is 18.1. The maximum Gasteiger partial charge on any atom is 0.338 e. The molecule has 0 aliphatic heterocycles. The molecule has 136 valence electrons. The first-order valence-corrected chi connectivity index (χ1v) is 8.33. The summed E-state index contributed by atoms with van der Waals surface area (Å²) in [6.45, 7) is 2.01.